The first-order chi connectivity index (χ1) is 6.86. The van der Waals surface area contributed by atoms with Crippen LogP contribution in [0.2, 0.25) is 0 Å². The average molecular weight is 219 g/mol. The standard InChI is InChI=1S/C8H8F3N3O/c9-8(10,11)6(12)4-1-5(3-15)7(13)14-2-4/h1-3,6H,12H2,(H2,13,14)/t6-/m1/s1. The molecule has 0 saturated carbocycles. The Kier molecular flexibility index (Phi) is 2.94. The third-order valence-electron chi connectivity index (χ3n) is 1.81. The summed E-state index contributed by atoms with van der Waals surface area (Å²) in [6.45, 7) is 0. The molecule has 0 aliphatic heterocycles. The second-order valence-electron chi connectivity index (χ2n) is 2.88. The first kappa shape index (κ1) is 11.4. The fourth-order valence-corrected chi connectivity index (χ4v) is 0.963. The van der Waals surface area contributed by atoms with Crippen molar-refractivity contribution in [3.8, 4) is 0 Å². The number of nitrogens with two attached hydrogens (primary N) is 2. The summed E-state index contributed by atoms with van der Waals surface area (Å²) >= 11 is 0. The summed E-state index contributed by atoms with van der Waals surface area (Å²) in [5.74, 6) is -0.122. The molecule has 0 unspecified atom stereocenters. The van der Waals surface area contributed by atoms with Crippen LogP contribution in [0, 0.1) is 0 Å². The second-order valence-corrected chi connectivity index (χ2v) is 2.88. The number of rotatable bonds is 2. The summed E-state index contributed by atoms with van der Waals surface area (Å²) in [4.78, 5) is 13.9. The fourth-order valence-electron chi connectivity index (χ4n) is 0.963. The van der Waals surface area contributed by atoms with Gasteiger partial charge < -0.3 is 11.5 Å². The number of carbonyl (C=O) groups is 1. The monoisotopic (exact) mass is 219 g/mol. The number of pyridine rings is 1. The average Bonchev–Trinajstić information content (AvgIpc) is 2.16. The Morgan fingerprint density at radius 1 is 1.47 bits per heavy atom. The first-order valence-electron chi connectivity index (χ1n) is 3.89. The van der Waals surface area contributed by atoms with Crippen LogP contribution in [0.1, 0.15) is 22.0 Å². The molecule has 0 bridgehead atoms. The lowest BCUT2D eigenvalue weighted by molar-refractivity contribution is -0.149. The lowest BCUT2D eigenvalue weighted by Gasteiger charge is -2.15. The third kappa shape index (κ3) is 2.44. The smallest absolute Gasteiger partial charge is 0.383 e. The zero-order chi connectivity index (χ0) is 11.6. The number of nitrogen functional groups attached to an aromatic ring is 1. The quantitative estimate of drug-likeness (QED) is 0.728. The molecule has 82 valence electrons. The van der Waals surface area contributed by atoms with Crippen molar-refractivity contribution in [3.05, 3.63) is 23.4 Å². The minimum Gasteiger partial charge on any atom is -0.383 e. The summed E-state index contributed by atoms with van der Waals surface area (Å²) in [6, 6.07) is -1.18. The van der Waals surface area contributed by atoms with Crippen molar-refractivity contribution in [1.29, 1.82) is 0 Å². The Hall–Kier alpha value is -1.63. The SMILES string of the molecule is Nc1ncc([C@@H](N)C(F)(F)F)cc1C=O. The van der Waals surface area contributed by atoms with Gasteiger partial charge in [0.05, 0.1) is 5.56 Å². The second kappa shape index (κ2) is 3.85. The van der Waals surface area contributed by atoms with Gasteiger partial charge in [-0.15, -0.1) is 0 Å². The fraction of sp³-hybridized carbons (Fsp3) is 0.250. The van der Waals surface area contributed by atoms with Gasteiger partial charge in [-0.25, -0.2) is 4.98 Å². The Labute approximate surface area is 83.1 Å². The molecule has 0 radical (unpaired) electrons. The van der Waals surface area contributed by atoms with Crippen LogP contribution < -0.4 is 11.5 Å². The maximum atomic E-state index is 12.2. The van der Waals surface area contributed by atoms with Crippen molar-refractivity contribution in [1.82, 2.24) is 4.98 Å². The van der Waals surface area contributed by atoms with Gasteiger partial charge in [-0.2, -0.15) is 13.2 Å². The number of hydrogen-bond acceptors (Lipinski definition) is 4. The molecule has 1 aromatic heterocycles. The summed E-state index contributed by atoms with van der Waals surface area (Å²) in [5.41, 5.74) is 9.77. The minimum absolute atomic E-state index is 0.104. The Bertz CT molecular complexity index is 378. The number of nitrogens with zero attached hydrogens (tertiary/aromatic N) is 1. The topological polar surface area (TPSA) is 82.0 Å². The lowest BCUT2D eigenvalue weighted by Crippen LogP contribution is -2.28. The number of aromatic nitrogens is 1. The summed E-state index contributed by atoms with van der Waals surface area (Å²) in [6.07, 6.45) is -3.34. The van der Waals surface area contributed by atoms with Crippen molar-refractivity contribution < 1.29 is 18.0 Å². The summed E-state index contributed by atoms with van der Waals surface area (Å²) < 4.78 is 36.6. The molecule has 0 aliphatic rings. The van der Waals surface area contributed by atoms with Crippen LogP contribution in [0.25, 0.3) is 0 Å². The summed E-state index contributed by atoms with van der Waals surface area (Å²) in [7, 11) is 0. The molecule has 15 heavy (non-hydrogen) atoms. The number of anilines is 1. The van der Waals surface area contributed by atoms with E-state index < -0.39 is 12.2 Å². The molecule has 0 fully saturated rings. The van der Waals surface area contributed by atoms with Crippen LogP contribution in [0.5, 0.6) is 0 Å². The molecule has 1 aromatic rings. The van der Waals surface area contributed by atoms with Crippen molar-refractivity contribution in [2.45, 2.75) is 12.2 Å². The lowest BCUT2D eigenvalue weighted by atomic mass is 10.1. The van der Waals surface area contributed by atoms with Gasteiger partial charge in [0.25, 0.3) is 0 Å². The van der Waals surface area contributed by atoms with Gasteiger partial charge in [0, 0.05) is 6.20 Å². The van der Waals surface area contributed by atoms with E-state index in [1.54, 1.807) is 0 Å². The predicted octanol–water partition coefficient (Wildman–Crippen LogP) is 1.04. The highest BCUT2D eigenvalue weighted by Gasteiger charge is 2.38. The van der Waals surface area contributed by atoms with Crippen LogP contribution in [0.3, 0.4) is 0 Å². The van der Waals surface area contributed by atoms with Crippen LogP contribution in [-0.4, -0.2) is 17.4 Å². The number of halogens is 3. The highest BCUT2D eigenvalue weighted by Crippen LogP contribution is 2.30. The van der Waals surface area contributed by atoms with Gasteiger partial charge in [-0.3, -0.25) is 4.79 Å². The van der Waals surface area contributed by atoms with E-state index in [0.29, 0.717) is 6.29 Å². The predicted molar refractivity (Wildman–Crippen MR) is 47.0 cm³/mol. The van der Waals surface area contributed by atoms with Crippen molar-refractivity contribution in [2.75, 3.05) is 5.73 Å². The van der Waals surface area contributed by atoms with E-state index in [-0.39, 0.29) is 16.9 Å². The van der Waals surface area contributed by atoms with Crippen LogP contribution in [0.15, 0.2) is 12.3 Å². The van der Waals surface area contributed by atoms with Gasteiger partial charge in [0.1, 0.15) is 11.9 Å². The van der Waals surface area contributed by atoms with E-state index in [4.69, 9.17) is 11.5 Å². The molecule has 1 rings (SSSR count). The van der Waals surface area contributed by atoms with Crippen LogP contribution >= 0.6 is 0 Å². The third-order valence-corrected chi connectivity index (χ3v) is 1.81. The van der Waals surface area contributed by atoms with E-state index in [1.165, 1.54) is 0 Å². The normalized spacial score (nSPS) is 13.6. The van der Waals surface area contributed by atoms with Gasteiger partial charge in [-0.05, 0) is 11.6 Å². The number of carbonyl (C=O) groups excluding carboxylic acids is 1. The van der Waals surface area contributed by atoms with Crippen LogP contribution in [-0.2, 0) is 0 Å². The highest BCUT2D eigenvalue weighted by molar-refractivity contribution is 5.81. The molecule has 0 aromatic carbocycles. The highest BCUT2D eigenvalue weighted by atomic mass is 19.4. The van der Waals surface area contributed by atoms with Crippen molar-refractivity contribution in [2.24, 2.45) is 5.73 Å². The molecule has 0 spiro atoms. The van der Waals surface area contributed by atoms with E-state index >= 15 is 0 Å². The Morgan fingerprint density at radius 2 is 2.07 bits per heavy atom. The van der Waals surface area contributed by atoms with Gasteiger partial charge >= 0.3 is 6.18 Å². The molecular formula is C8H8F3N3O. The van der Waals surface area contributed by atoms with Gasteiger partial charge in [-0.1, -0.05) is 0 Å². The molecule has 1 heterocycles. The molecule has 0 aliphatic carbocycles. The molecule has 4 nitrogen and oxygen atoms in total. The molecular weight excluding hydrogens is 211 g/mol. The Balaban J connectivity index is 3.11. The van der Waals surface area contributed by atoms with E-state index in [0.717, 1.165) is 12.3 Å². The number of aldehydes is 1. The Morgan fingerprint density at radius 3 is 2.53 bits per heavy atom. The maximum Gasteiger partial charge on any atom is 0.407 e. The zero-order valence-corrected chi connectivity index (χ0v) is 7.45. The number of hydrogen-bond donors (Lipinski definition) is 2. The summed E-state index contributed by atoms with van der Waals surface area (Å²) in [5, 5.41) is 0. The minimum atomic E-state index is -4.57. The van der Waals surface area contributed by atoms with Crippen molar-refractivity contribution in [3.63, 3.8) is 0 Å². The first-order valence-corrected chi connectivity index (χ1v) is 3.89. The van der Waals surface area contributed by atoms with E-state index in [1.807, 2.05) is 0 Å². The number of alkyl halides is 3. The van der Waals surface area contributed by atoms with E-state index in [9.17, 15) is 18.0 Å². The molecule has 1 atom stereocenters. The molecule has 7 heteroatoms. The maximum absolute atomic E-state index is 12.2. The van der Waals surface area contributed by atoms with Crippen LogP contribution in [0.4, 0.5) is 19.0 Å². The molecule has 0 amide bonds. The molecule has 0 saturated heterocycles. The van der Waals surface area contributed by atoms with E-state index in [2.05, 4.69) is 4.98 Å². The van der Waals surface area contributed by atoms with Crippen molar-refractivity contribution >= 4 is 12.1 Å². The zero-order valence-electron chi connectivity index (χ0n) is 7.45. The van der Waals surface area contributed by atoms with Gasteiger partial charge in [0.2, 0.25) is 0 Å². The van der Waals surface area contributed by atoms with Gasteiger partial charge in [0.15, 0.2) is 6.29 Å². The molecule has 4 N–H and O–H groups in total. The largest absolute Gasteiger partial charge is 0.407 e.